The molecule has 0 saturated carbocycles. The first-order chi connectivity index (χ1) is 13.7. The van der Waals surface area contributed by atoms with E-state index in [1.165, 1.54) is 14.7 Å². The summed E-state index contributed by atoms with van der Waals surface area (Å²) in [5.74, 6) is -0.360. The molecule has 0 rings (SSSR count). The Hall–Kier alpha value is -2.06. The van der Waals surface area contributed by atoms with E-state index in [9.17, 15) is 28.8 Å². The molecule has 179 valence electrons. The van der Waals surface area contributed by atoms with Crippen LogP contribution in [0.15, 0.2) is 0 Å². The topological polar surface area (TPSA) is 112 Å². The van der Waals surface area contributed by atoms with Gasteiger partial charge in [0, 0.05) is 61.5 Å². The third-order valence-electron chi connectivity index (χ3n) is 3.72. The van der Waals surface area contributed by atoms with Crippen LogP contribution < -0.4 is 0 Å². The third kappa shape index (κ3) is 24.1. The fraction of sp³-hybridized carbons (Fsp3) is 0.714. The Morgan fingerprint density at radius 2 is 0.613 bits per heavy atom. The zero-order chi connectivity index (χ0) is 24.4. The molecule has 0 fully saturated rings. The molecule has 0 aromatic heterocycles. The van der Waals surface area contributed by atoms with Gasteiger partial charge in [-0.2, -0.15) is 0 Å². The summed E-state index contributed by atoms with van der Waals surface area (Å²) in [4.78, 5) is 68.8. The van der Waals surface area contributed by atoms with Crippen LogP contribution in [-0.2, 0) is 45.8 Å². The quantitative estimate of drug-likeness (QED) is 0.360. The SMILES string of the molecule is CCC(=O)CC(=O)N(C)C.CCC(=O)CC(=O)N(C)C.CCC(=O)CC(=O)N(C)C.[Fe+3]. The molecular formula is C21H39FeN3O6+3. The van der Waals surface area contributed by atoms with E-state index in [1.807, 2.05) is 0 Å². The number of nitrogens with zero attached hydrogens (tertiary/aromatic N) is 3. The van der Waals surface area contributed by atoms with Gasteiger partial charge in [0.05, 0.1) is 19.3 Å². The first kappa shape index (κ1) is 36.3. The van der Waals surface area contributed by atoms with E-state index in [-0.39, 0.29) is 71.4 Å². The van der Waals surface area contributed by atoms with Gasteiger partial charge in [-0.05, 0) is 0 Å². The van der Waals surface area contributed by atoms with Crippen molar-refractivity contribution in [1.29, 1.82) is 0 Å². The summed E-state index contributed by atoms with van der Waals surface area (Å²) in [5.41, 5.74) is 0. The van der Waals surface area contributed by atoms with E-state index in [0.717, 1.165) is 0 Å². The Morgan fingerprint density at radius 1 is 0.452 bits per heavy atom. The van der Waals surface area contributed by atoms with Crippen LogP contribution in [0, 0.1) is 0 Å². The first-order valence-corrected chi connectivity index (χ1v) is 9.88. The molecule has 31 heavy (non-hydrogen) atoms. The minimum Gasteiger partial charge on any atom is -0.348 e. The maximum absolute atomic E-state index is 10.8. The molecule has 9 nitrogen and oxygen atoms in total. The van der Waals surface area contributed by atoms with E-state index in [4.69, 9.17) is 0 Å². The summed E-state index contributed by atoms with van der Waals surface area (Å²) >= 11 is 0. The second kappa shape index (κ2) is 21.2. The van der Waals surface area contributed by atoms with Gasteiger partial charge >= 0.3 is 17.1 Å². The van der Waals surface area contributed by atoms with Gasteiger partial charge in [-0.25, -0.2) is 0 Å². The van der Waals surface area contributed by atoms with Crippen LogP contribution in [0.4, 0.5) is 0 Å². The van der Waals surface area contributed by atoms with Gasteiger partial charge < -0.3 is 14.7 Å². The number of carbonyl (C=O) groups excluding carboxylic acids is 6. The van der Waals surface area contributed by atoms with Crippen molar-refractivity contribution < 1.29 is 45.8 Å². The number of ketones is 3. The molecular weight excluding hydrogens is 446 g/mol. The van der Waals surface area contributed by atoms with Crippen molar-refractivity contribution in [3.05, 3.63) is 0 Å². The van der Waals surface area contributed by atoms with Crippen molar-refractivity contribution in [3.63, 3.8) is 0 Å². The van der Waals surface area contributed by atoms with Gasteiger partial charge in [0.1, 0.15) is 17.3 Å². The van der Waals surface area contributed by atoms with E-state index < -0.39 is 0 Å². The molecule has 0 bridgehead atoms. The van der Waals surface area contributed by atoms with Gasteiger partial charge in [0.2, 0.25) is 17.7 Å². The fourth-order valence-corrected chi connectivity index (χ4v) is 1.36. The van der Waals surface area contributed by atoms with Crippen molar-refractivity contribution in [2.24, 2.45) is 0 Å². The van der Waals surface area contributed by atoms with Crippen molar-refractivity contribution >= 4 is 35.1 Å². The van der Waals surface area contributed by atoms with Gasteiger partial charge in [-0.3, -0.25) is 28.8 Å². The Labute approximate surface area is 197 Å². The molecule has 0 aliphatic rings. The summed E-state index contributed by atoms with van der Waals surface area (Å²) in [6, 6.07) is 0. The summed E-state index contributed by atoms with van der Waals surface area (Å²) in [7, 11) is 9.86. The molecule has 10 heteroatoms. The molecule has 3 amide bonds. The molecule has 0 atom stereocenters. The number of hydrogen-bond acceptors (Lipinski definition) is 6. The molecule has 0 aromatic rings. The Bertz CT molecular complexity index is 509. The van der Waals surface area contributed by atoms with Gasteiger partial charge in [-0.15, -0.1) is 0 Å². The number of carbonyl (C=O) groups is 6. The molecule has 0 N–H and O–H groups in total. The molecule has 0 aliphatic heterocycles. The van der Waals surface area contributed by atoms with E-state index in [2.05, 4.69) is 0 Å². The Balaban J connectivity index is -0.000000174. The van der Waals surface area contributed by atoms with Gasteiger partial charge in [-0.1, -0.05) is 20.8 Å². The predicted molar refractivity (Wildman–Crippen MR) is 116 cm³/mol. The third-order valence-corrected chi connectivity index (χ3v) is 3.72. The van der Waals surface area contributed by atoms with Crippen LogP contribution >= 0.6 is 0 Å². The summed E-state index contributed by atoms with van der Waals surface area (Å²) in [6.07, 6.45) is 1.47. The number of hydrogen-bond donors (Lipinski definition) is 0. The zero-order valence-electron chi connectivity index (χ0n) is 20.4. The smallest absolute Gasteiger partial charge is 0.348 e. The van der Waals surface area contributed by atoms with E-state index in [1.54, 1.807) is 63.1 Å². The molecule has 0 saturated heterocycles. The number of rotatable bonds is 9. The van der Waals surface area contributed by atoms with Crippen molar-refractivity contribution in [1.82, 2.24) is 14.7 Å². The standard InChI is InChI=1S/3C7H13NO2.Fe/c3*1-4-6(9)5-7(10)8(2)3;/h3*4-5H2,1-3H3;/q;;;+3. The number of Topliss-reactive ketones (excluding diaryl/α,β-unsaturated/α-hetero) is 3. The van der Waals surface area contributed by atoms with Crippen LogP contribution in [-0.4, -0.2) is 92.1 Å². The molecule has 0 aromatic carbocycles. The van der Waals surface area contributed by atoms with E-state index >= 15 is 0 Å². The largest absolute Gasteiger partial charge is 3.00 e. The number of amides is 3. The van der Waals surface area contributed by atoms with Crippen LogP contribution in [0.3, 0.4) is 0 Å². The van der Waals surface area contributed by atoms with Crippen molar-refractivity contribution in [3.8, 4) is 0 Å². The van der Waals surface area contributed by atoms with Gasteiger partial charge in [0.25, 0.3) is 0 Å². The van der Waals surface area contributed by atoms with Crippen LogP contribution in [0.25, 0.3) is 0 Å². The second-order valence-corrected chi connectivity index (χ2v) is 7.07. The average Bonchev–Trinajstić information content (AvgIpc) is 2.67. The molecule has 1 radical (unpaired) electrons. The Morgan fingerprint density at radius 3 is 0.710 bits per heavy atom. The summed E-state index contributed by atoms with van der Waals surface area (Å²) in [5, 5.41) is 0. The normalized spacial score (nSPS) is 8.81. The fourth-order valence-electron chi connectivity index (χ4n) is 1.36. The monoisotopic (exact) mass is 485 g/mol. The Kier molecular flexibility index (Phi) is 24.8. The first-order valence-electron chi connectivity index (χ1n) is 9.88. The van der Waals surface area contributed by atoms with Crippen LogP contribution in [0.5, 0.6) is 0 Å². The molecule has 0 aliphatic carbocycles. The minimum atomic E-state index is -0.119. The second-order valence-electron chi connectivity index (χ2n) is 7.07. The summed E-state index contributed by atoms with van der Waals surface area (Å²) < 4.78 is 0. The molecule has 0 unspecified atom stereocenters. The zero-order valence-corrected chi connectivity index (χ0v) is 21.5. The average molecular weight is 485 g/mol. The predicted octanol–water partition coefficient (Wildman–Crippen LogP) is 1.33. The maximum atomic E-state index is 10.8. The van der Waals surface area contributed by atoms with Crippen molar-refractivity contribution in [2.45, 2.75) is 59.3 Å². The molecule has 0 heterocycles. The van der Waals surface area contributed by atoms with Crippen molar-refractivity contribution in [2.75, 3.05) is 42.3 Å². The van der Waals surface area contributed by atoms with Gasteiger partial charge in [0.15, 0.2) is 0 Å². The summed E-state index contributed by atoms with van der Waals surface area (Å²) in [6.45, 7) is 5.27. The molecule has 0 spiro atoms. The van der Waals surface area contributed by atoms with Crippen LogP contribution in [0.2, 0.25) is 0 Å². The van der Waals surface area contributed by atoms with Crippen LogP contribution in [0.1, 0.15) is 59.3 Å². The maximum Gasteiger partial charge on any atom is 3.00 e. The minimum absolute atomic E-state index is 0. The van der Waals surface area contributed by atoms with E-state index in [0.29, 0.717) is 19.3 Å².